The van der Waals surface area contributed by atoms with Crippen LogP contribution in [0.3, 0.4) is 0 Å². The quantitative estimate of drug-likeness (QED) is 0.654. The van der Waals surface area contributed by atoms with Gasteiger partial charge >= 0.3 is 0 Å². The van der Waals surface area contributed by atoms with Crippen molar-refractivity contribution >= 4 is 16.7 Å². The van der Waals surface area contributed by atoms with E-state index in [4.69, 9.17) is 10.2 Å². The largest absolute Gasteiger partial charge is 0.450 e. The molecule has 0 atom stereocenters. The second-order valence-electron chi connectivity index (χ2n) is 3.55. The Bertz CT molecular complexity index is 781. The van der Waals surface area contributed by atoms with Crippen molar-refractivity contribution in [2.75, 3.05) is 5.73 Å². The maximum atomic E-state index is 13.1. The third-order valence-corrected chi connectivity index (χ3v) is 2.44. The predicted molar refractivity (Wildman–Crippen MR) is 60.0 cm³/mol. The number of rotatable bonds is 1. The van der Waals surface area contributed by atoms with E-state index in [0.29, 0.717) is 0 Å². The monoisotopic (exact) mass is 247 g/mol. The Morgan fingerprint density at radius 3 is 2.94 bits per heavy atom. The lowest BCUT2D eigenvalue weighted by Crippen LogP contribution is -2.10. The fraction of sp³-hybridized carbons (Fsp3) is 0. The van der Waals surface area contributed by atoms with Crippen molar-refractivity contribution in [2.24, 2.45) is 0 Å². The molecular formula is C10H6FN5O2. The van der Waals surface area contributed by atoms with Gasteiger partial charge in [0, 0.05) is 0 Å². The minimum atomic E-state index is -0.540. The molecule has 2 heterocycles. The standard InChI is InChI=1S/C10H6FN5O2/c11-4-1-2-6-5(3-4)8(17)7(12)9(18-6)10-13-15-16-14-10/h1-3H,12H2,(H,13,14,15,16). The van der Waals surface area contributed by atoms with Crippen molar-refractivity contribution in [3.05, 3.63) is 34.2 Å². The van der Waals surface area contributed by atoms with Crippen LogP contribution in [0.1, 0.15) is 0 Å². The highest BCUT2D eigenvalue weighted by atomic mass is 19.1. The maximum absolute atomic E-state index is 13.1. The van der Waals surface area contributed by atoms with E-state index < -0.39 is 11.2 Å². The molecule has 18 heavy (non-hydrogen) atoms. The van der Waals surface area contributed by atoms with Crippen LogP contribution in [0.2, 0.25) is 0 Å². The zero-order valence-corrected chi connectivity index (χ0v) is 8.85. The summed E-state index contributed by atoms with van der Waals surface area (Å²) in [6.07, 6.45) is 0. The van der Waals surface area contributed by atoms with Gasteiger partial charge in [0.25, 0.3) is 0 Å². The van der Waals surface area contributed by atoms with Gasteiger partial charge < -0.3 is 10.2 Å². The molecule has 3 rings (SSSR count). The summed E-state index contributed by atoms with van der Waals surface area (Å²) >= 11 is 0. The SMILES string of the molecule is Nc1c(-c2nn[nH]n2)oc2ccc(F)cc2c1=O. The zero-order chi connectivity index (χ0) is 12.7. The Labute approximate surface area is 98.4 Å². The van der Waals surface area contributed by atoms with Gasteiger partial charge in [-0.1, -0.05) is 0 Å². The van der Waals surface area contributed by atoms with Crippen LogP contribution in [-0.4, -0.2) is 20.6 Å². The van der Waals surface area contributed by atoms with Crippen molar-refractivity contribution < 1.29 is 8.81 Å². The average molecular weight is 247 g/mol. The molecule has 90 valence electrons. The Kier molecular flexibility index (Phi) is 2.09. The summed E-state index contributed by atoms with van der Waals surface area (Å²) in [5, 5.41) is 13.0. The fourth-order valence-electron chi connectivity index (χ4n) is 1.61. The van der Waals surface area contributed by atoms with Gasteiger partial charge in [0.05, 0.1) is 5.39 Å². The van der Waals surface area contributed by atoms with E-state index in [1.165, 1.54) is 12.1 Å². The fourth-order valence-corrected chi connectivity index (χ4v) is 1.61. The van der Waals surface area contributed by atoms with Gasteiger partial charge in [-0.25, -0.2) is 4.39 Å². The summed E-state index contributed by atoms with van der Waals surface area (Å²) in [6.45, 7) is 0. The lowest BCUT2D eigenvalue weighted by atomic mass is 10.2. The van der Waals surface area contributed by atoms with Crippen LogP contribution in [0.25, 0.3) is 22.6 Å². The number of nitrogens with two attached hydrogens (primary N) is 1. The van der Waals surface area contributed by atoms with E-state index in [0.717, 1.165) is 6.07 Å². The van der Waals surface area contributed by atoms with Crippen LogP contribution in [0.5, 0.6) is 0 Å². The Morgan fingerprint density at radius 1 is 1.39 bits per heavy atom. The number of aromatic nitrogens is 4. The molecule has 2 aromatic heterocycles. The summed E-state index contributed by atoms with van der Waals surface area (Å²) in [5.41, 5.74) is 5.13. The van der Waals surface area contributed by atoms with Crippen molar-refractivity contribution in [3.8, 4) is 11.6 Å². The number of benzene rings is 1. The van der Waals surface area contributed by atoms with Gasteiger partial charge in [0.1, 0.15) is 17.1 Å². The number of hydrogen-bond donors (Lipinski definition) is 2. The maximum Gasteiger partial charge on any atom is 0.242 e. The van der Waals surface area contributed by atoms with E-state index >= 15 is 0 Å². The lowest BCUT2D eigenvalue weighted by Gasteiger charge is -2.02. The van der Waals surface area contributed by atoms with Crippen LogP contribution >= 0.6 is 0 Å². The van der Waals surface area contributed by atoms with E-state index in [1.54, 1.807) is 0 Å². The van der Waals surface area contributed by atoms with Gasteiger partial charge in [-0.2, -0.15) is 5.21 Å². The number of hydrogen-bond acceptors (Lipinski definition) is 6. The van der Waals surface area contributed by atoms with Gasteiger partial charge in [0.15, 0.2) is 0 Å². The van der Waals surface area contributed by atoms with Gasteiger partial charge in [-0.05, 0) is 23.4 Å². The molecule has 0 fully saturated rings. The van der Waals surface area contributed by atoms with E-state index in [1.807, 2.05) is 0 Å². The Morgan fingerprint density at radius 2 is 2.22 bits per heavy atom. The number of H-pyrrole nitrogens is 1. The highest BCUT2D eigenvalue weighted by Crippen LogP contribution is 2.24. The molecule has 0 bridgehead atoms. The van der Waals surface area contributed by atoms with Crippen LogP contribution in [0.4, 0.5) is 10.1 Å². The first-order valence-corrected chi connectivity index (χ1v) is 4.92. The summed E-state index contributed by atoms with van der Waals surface area (Å²) in [4.78, 5) is 12.0. The Balaban J connectivity index is 2.40. The summed E-state index contributed by atoms with van der Waals surface area (Å²) in [7, 11) is 0. The minimum Gasteiger partial charge on any atom is -0.450 e. The number of anilines is 1. The van der Waals surface area contributed by atoms with Crippen LogP contribution in [0.15, 0.2) is 27.4 Å². The highest BCUT2D eigenvalue weighted by molar-refractivity contribution is 5.83. The predicted octanol–water partition coefficient (Wildman–Crippen LogP) is 0.694. The molecule has 0 aliphatic rings. The van der Waals surface area contributed by atoms with Crippen LogP contribution in [0, 0.1) is 5.82 Å². The number of aromatic amines is 1. The number of nitrogens with one attached hydrogen (secondary N) is 1. The summed E-state index contributed by atoms with van der Waals surface area (Å²) in [5.74, 6) is -0.467. The lowest BCUT2D eigenvalue weighted by molar-refractivity contribution is 0.606. The van der Waals surface area contributed by atoms with Crippen molar-refractivity contribution in [2.45, 2.75) is 0 Å². The van der Waals surface area contributed by atoms with Gasteiger partial charge in [-0.15, -0.1) is 10.2 Å². The molecule has 0 aliphatic heterocycles. The molecule has 3 N–H and O–H groups in total. The van der Waals surface area contributed by atoms with Gasteiger partial charge in [-0.3, -0.25) is 4.79 Å². The summed E-state index contributed by atoms with van der Waals surface area (Å²) < 4.78 is 18.5. The molecule has 0 aliphatic carbocycles. The first-order chi connectivity index (χ1) is 8.66. The number of halogens is 1. The van der Waals surface area contributed by atoms with E-state index in [9.17, 15) is 9.18 Å². The normalized spacial score (nSPS) is 10.9. The number of tetrazole rings is 1. The molecule has 8 heteroatoms. The van der Waals surface area contributed by atoms with Gasteiger partial charge in [0.2, 0.25) is 17.0 Å². The first kappa shape index (κ1) is 10.4. The van der Waals surface area contributed by atoms with Crippen molar-refractivity contribution in [3.63, 3.8) is 0 Å². The zero-order valence-electron chi connectivity index (χ0n) is 8.85. The van der Waals surface area contributed by atoms with E-state index in [-0.39, 0.29) is 28.2 Å². The molecule has 0 unspecified atom stereocenters. The topological polar surface area (TPSA) is 111 Å². The van der Waals surface area contributed by atoms with Crippen molar-refractivity contribution in [1.29, 1.82) is 0 Å². The van der Waals surface area contributed by atoms with Crippen molar-refractivity contribution in [1.82, 2.24) is 20.6 Å². The molecule has 0 spiro atoms. The highest BCUT2D eigenvalue weighted by Gasteiger charge is 2.16. The van der Waals surface area contributed by atoms with E-state index in [2.05, 4.69) is 20.6 Å². The first-order valence-electron chi connectivity index (χ1n) is 4.92. The molecular weight excluding hydrogens is 241 g/mol. The molecule has 0 radical (unpaired) electrons. The summed E-state index contributed by atoms with van der Waals surface area (Å²) in [6, 6.07) is 3.59. The molecule has 0 saturated carbocycles. The molecule has 7 nitrogen and oxygen atoms in total. The molecule has 0 amide bonds. The molecule has 1 aromatic carbocycles. The smallest absolute Gasteiger partial charge is 0.242 e. The number of fused-ring (bicyclic) bond motifs is 1. The van der Waals surface area contributed by atoms with Crippen LogP contribution in [-0.2, 0) is 0 Å². The molecule has 3 aromatic rings. The van der Waals surface area contributed by atoms with Crippen LogP contribution < -0.4 is 11.2 Å². The third kappa shape index (κ3) is 1.43. The number of nitrogen functional groups attached to an aromatic ring is 1. The minimum absolute atomic E-state index is 0.00728. The third-order valence-electron chi connectivity index (χ3n) is 2.44. The Hall–Kier alpha value is -2.77. The number of nitrogens with zero attached hydrogens (tertiary/aromatic N) is 3. The molecule has 0 saturated heterocycles. The second-order valence-corrected chi connectivity index (χ2v) is 3.55. The second kappa shape index (κ2) is 3.62. The average Bonchev–Trinajstić information content (AvgIpc) is 2.88.